The van der Waals surface area contributed by atoms with Gasteiger partial charge in [-0.15, -0.1) is 0 Å². The molecule has 31 heavy (non-hydrogen) atoms. The zero-order valence-electron chi connectivity index (χ0n) is 17.8. The minimum Gasteiger partial charge on any atom is -0.494 e. The monoisotopic (exact) mass is 417 g/mol. The topological polar surface area (TPSA) is 70.7 Å². The summed E-state index contributed by atoms with van der Waals surface area (Å²) in [6.45, 7) is 3.39. The normalized spacial score (nSPS) is 10.5. The van der Waals surface area contributed by atoms with Crippen LogP contribution in [0.1, 0.15) is 22.8 Å². The molecule has 0 fully saturated rings. The van der Waals surface area contributed by atoms with Crippen LogP contribution in [0.3, 0.4) is 0 Å². The lowest BCUT2D eigenvalue weighted by Gasteiger charge is -2.17. The summed E-state index contributed by atoms with van der Waals surface area (Å²) in [6, 6.07) is 24.0. The van der Waals surface area contributed by atoms with Gasteiger partial charge in [-0.1, -0.05) is 42.5 Å². The first kappa shape index (κ1) is 22.1. The maximum absolute atomic E-state index is 12.7. The van der Waals surface area contributed by atoms with Crippen molar-refractivity contribution < 1.29 is 14.3 Å². The molecule has 3 aromatic rings. The Morgan fingerprint density at radius 1 is 0.871 bits per heavy atom. The number of ether oxygens (including phenoxy) is 1. The molecular weight excluding hydrogens is 390 g/mol. The van der Waals surface area contributed by atoms with Crippen LogP contribution in [0.2, 0.25) is 0 Å². The second kappa shape index (κ2) is 10.9. The number of para-hydroxylation sites is 2. The molecule has 2 N–H and O–H groups in total. The summed E-state index contributed by atoms with van der Waals surface area (Å²) in [5.41, 5.74) is 2.68. The first-order valence-electron chi connectivity index (χ1n) is 10.2. The van der Waals surface area contributed by atoms with E-state index in [1.807, 2.05) is 73.5 Å². The fourth-order valence-electron chi connectivity index (χ4n) is 3.17. The Bertz CT molecular complexity index is 1000. The number of nitrogens with one attached hydrogen (secondary N) is 2. The molecule has 2 amide bonds. The highest BCUT2D eigenvalue weighted by molar-refractivity contribution is 6.10. The van der Waals surface area contributed by atoms with Gasteiger partial charge in [0.1, 0.15) is 5.75 Å². The number of nitrogens with zero attached hydrogens (tertiary/aromatic N) is 1. The molecular formula is C25H27N3O3. The predicted octanol–water partition coefficient (Wildman–Crippen LogP) is 4.41. The van der Waals surface area contributed by atoms with Gasteiger partial charge in [0, 0.05) is 12.2 Å². The molecule has 0 saturated carbocycles. The average Bonchev–Trinajstić information content (AvgIpc) is 2.76. The predicted molar refractivity (Wildman–Crippen MR) is 123 cm³/mol. The van der Waals surface area contributed by atoms with Gasteiger partial charge in [-0.05, 0) is 55.9 Å². The summed E-state index contributed by atoms with van der Waals surface area (Å²) in [6.07, 6.45) is 0. The zero-order chi connectivity index (χ0) is 22.1. The van der Waals surface area contributed by atoms with Crippen molar-refractivity contribution in [3.63, 3.8) is 0 Å². The minimum atomic E-state index is -0.273. The maximum atomic E-state index is 12.7. The van der Waals surface area contributed by atoms with Crippen molar-refractivity contribution in [2.75, 3.05) is 30.8 Å². The van der Waals surface area contributed by atoms with Crippen molar-refractivity contribution in [3.05, 3.63) is 90.0 Å². The molecule has 0 saturated heterocycles. The number of hydrogen-bond donors (Lipinski definition) is 2. The molecule has 3 rings (SSSR count). The smallest absolute Gasteiger partial charge is 0.257 e. The van der Waals surface area contributed by atoms with Crippen molar-refractivity contribution in [2.45, 2.75) is 13.5 Å². The van der Waals surface area contributed by atoms with E-state index in [1.165, 1.54) is 0 Å². The summed E-state index contributed by atoms with van der Waals surface area (Å²) in [7, 11) is 1.88. The summed E-state index contributed by atoms with van der Waals surface area (Å²) in [5.74, 6) is 0.371. The Labute approximate surface area is 182 Å². The Balaban J connectivity index is 1.58. The third-order valence-corrected chi connectivity index (χ3v) is 4.58. The van der Waals surface area contributed by atoms with Crippen LogP contribution in [0.15, 0.2) is 78.9 Å². The fourth-order valence-corrected chi connectivity index (χ4v) is 3.17. The third-order valence-electron chi connectivity index (χ3n) is 4.58. The molecule has 0 unspecified atom stereocenters. The fraction of sp³-hybridized carbons (Fsp3) is 0.200. The molecule has 0 atom stereocenters. The highest BCUT2D eigenvalue weighted by Crippen LogP contribution is 2.18. The minimum absolute atomic E-state index is 0.187. The molecule has 0 aromatic heterocycles. The molecule has 6 heteroatoms. The van der Waals surface area contributed by atoms with E-state index in [0.717, 1.165) is 11.3 Å². The lowest BCUT2D eigenvalue weighted by Crippen LogP contribution is -2.30. The first-order valence-corrected chi connectivity index (χ1v) is 10.2. The SMILES string of the molecule is CCOc1ccc(CN(C)CC(=O)Nc2ccccc2C(=O)Nc2ccccc2)cc1. The molecule has 0 bridgehead atoms. The van der Waals surface area contributed by atoms with Gasteiger partial charge in [0.15, 0.2) is 0 Å². The van der Waals surface area contributed by atoms with E-state index in [1.54, 1.807) is 24.3 Å². The molecule has 0 aliphatic rings. The maximum Gasteiger partial charge on any atom is 0.257 e. The van der Waals surface area contributed by atoms with Crippen molar-refractivity contribution in [2.24, 2.45) is 0 Å². The highest BCUT2D eigenvalue weighted by Gasteiger charge is 2.14. The van der Waals surface area contributed by atoms with Crippen LogP contribution in [-0.2, 0) is 11.3 Å². The Morgan fingerprint density at radius 3 is 2.26 bits per heavy atom. The van der Waals surface area contributed by atoms with Crippen LogP contribution >= 0.6 is 0 Å². The van der Waals surface area contributed by atoms with Crippen LogP contribution in [0.25, 0.3) is 0 Å². The van der Waals surface area contributed by atoms with Crippen molar-refractivity contribution >= 4 is 23.2 Å². The lowest BCUT2D eigenvalue weighted by atomic mass is 10.1. The standard InChI is InChI=1S/C25H27N3O3/c1-3-31-21-15-13-19(14-16-21)17-28(2)18-24(29)27-23-12-8-7-11-22(23)25(30)26-20-9-5-4-6-10-20/h4-16H,3,17-18H2,1-2H3,(H,26,30)(H,27,29). The molecule has 0 radical (unpaired) electrons. The van der Waals surface area contributed by atoms with Crippen molar-refractivity contribution in [1.29, 1.82) is 0 Å². The van der Waals surface area contributed by atoms with E-state index < -0.39 is 0 Å². The number of carbonyl (C=O) groups is 2. The highest BCUT2D eigenvalue weighted by atomic mass is 16.5. The number of hydrogen-bond acceptors (Lipinski definition) is 4. The van der Waals surface area contributed by atoms with Gasteiger partial charge >= 0.3 is 0 Å². The van der Waals surface area contributed by atoms with Gasteiger partial charge in [-0.3, -0.25) is 14.5 Å². The van der Waals surface area contributed by atoms with Gasteiger partial charge < -0.3 is 15.4 Å². The van der Waals surface area contributed by atoms with E-state index >= 15 is 0 Å². The third kappa shape index (κ3) is 6.69. The van der Waals surface area contributed by atoms with Gasteiger partial charge in [-0.25, -0.2) is 0 Å². The Morgan fingerprint density at radius 2 is 1.55 bits per heavy atom. The van der Waals surface area contributed by atoms with Gasteiger partial charge in [0.2, 0.25) is 5.91 Å². The van der Waals surface area contributed by atoms with Gasteiger partial charge in [0.05, 0.1) is 24.4 Å². The summed E-state index contributed by atoms with van der Waals surface area (Å²) < 4.78 is 5.45. The van der Waals surface area contributed by atoms with Crippen molar-refractivity contribution in [1.82, 2.24) is 4.90 Å². The number of amides is 2. The molecule has 3 aromatic carbocycles. The lowest BCUT2D eigenvalue weighted by molar-refractivity contribution is -0.117. The first-order chi connectivity index (χ1) is 15.0. The summed E-state index contributed by atoms with van der Waals surface area (Å²) >= 11 is 0. The van der Waals surface area contributed by atoms with Crippen LogP contribution < -0.4 is 15.4 Å². The quantitative estimate of drug-likeness (QED) is 0.541. The molecule has 0 aliphatic carbocycles. The van der Waals surface area contributed by atoms with Crippen LogP contribution in [0.4, 0.5) is 11.4 Å². The zero-order valence-corrected chi connectivity index (χ0v) is 17.8. The van der Waals surface area contributed by atoms with Gasteiger partial charge in [-0.2, -0.15) is 0 Å². The largest absolute Gasteiger partial charge is 0.494 e. The van der Waals surface area contributed by atoms with Gasteiger partial charge in [0.25, 0.3) is 5.91 Å². The Hall–Kier alpha value is -3.64. The number of likely N-dealkylation sites (N-methyl/N-ethyl adjacent to an activating group) is 1. The Kier molecular flexibility index (Phi) is 7.79. The van der Waals surface area contributed by atoms with E-state index in [4.69, 9.17) is 4.74 Å². The van der Waals surface area contributed by atoms with Crippen molar-refractivity contribution in [3.8, 4) is 5.75 Å². The average molecular weight is 418 g/mol. The summed E-state index contributed by atoms with van der Waals surface area (Å²) in [4.78, 5) is 27.2. The second-order valence-corrected chi connectivity index (χ2v) is 7.16. The molecule has 0 aliphatic heterocycles. The number of benzene rings is 3. The van der Waals surface area contributed by atoms with E-state index in [0.29, 0.717) is 30.1 Å². The van der Waals surface area contributed by atoms with Crippen LogP contribution in [-0.4, -0.2) is 36.9 Å². The van der Waals surface area contributed by atoms with E-state index in [9.17, 15) is 9.59 Å². The number of anilines is 2. The molecule has 0 heterocycles. The second-order valence-electron chi connectivity index (χ2n) is 7.16. The van der Waals surface area contributed by atoms with E-state index in [-0.39, 0.29) is 18.4 Å². The summed E-state index contributed by atoms with van der Waals surface area (Å²) in [5, 5.41) is 5.71. The number of rotatable bonds is 9. The molecule has 160 valence electrons. The molecule has 0 spiro atoms. The van der Waals surface area contributed by atoms with E-state index in [2.05, 4.69) is 10.6 Å². The number of carbonyl (C=O) groups excluding carboxylic acids is 2. The molecule has 6 nitrogen and oxygen atoms in total. The van der Waals surface area contributed by atoms with Crippen LogP contribution in [0.5, 0.6) is 5.75 Å². The van der Waals surface area contributed by atoms with Crippen LogP contribution in [0, 0.1) is 0 Å².